The fourth-order valence-corrected chi connectivity index (χ4v) is 2.78. The topological polar surface area (TPSA) is 29.9 Å². The average Bonchev–Trinajstić information content (AvgIpc) is 2.92. The van der Waals surface area contributed by atoms with E-state index in [4.69, 9.17) is 0 Å². The molecule has 2 aliphatic rings. The summed E-state index contributed by atoms with van der Waals surface area (Å²) >= 11 is 0. The average molecular weight is 219 g/mol. The molecular formula is C13H21N3. The largest absolute Gasteiger partial charge is 0.353 e. The van der Waals surface area contributed by atoms with Crippen LogP contribution in [0.2, 0.25) is 0 Å². The number of rotatable bonds is 3. The van der Waals surface area contributed by atoms with Gasteiger partial charge in [-0.15, -0.1) is 0 Å². The molecule has 0 amide bonds. The van der Waals surface area contributed by atoms with Gasteiger partial charge in [0.2, 0.25) is 5.95 Å². The summed E-state index contributed by atoms with van der Waals surface area (Å²) in [6, 6.07) is 1.36. The first-order valence-corrected chi connectivity index (χ1v) is 6.56. The molecule has 1 N–H and O–H groups in total. The van der Waals surface area contributed by atoms with E-state index in [1.165, 1.54) is 32.1 Å². The van der Waals surface area contributed by atoms with Gasteiger partial charge in [-0.2, -0.15) is 0 Å². The van der Waals surface area contributed by atoms with E-state index in [1.54, 1.807) is 0 Å². The number of nitrogens with one attached hydrogen (secondary N) is 1. The Morgan fingerprint density at radius 2 is 2.12 bits per heavy atom. The van der Waals surface area contributed by atoms with Crippen LogP contribution in [0, 0.1) is 12.8 Å². The Kier molecular flexibility index (Phi) is 2.41. The summed E-state index contributed by atoms with van der Waals surface area (Å²) < 4.78 is 2.35. The standard InChI is InChI=1S/C13H21N3/c1-9-4-3-5-12(9)15-13-14-10(2)8-16(13)11-6-7-11/h8-9,11-12H,3-7H2,1-2H3,(H,14,15). The maximum atomic E-state index is 4.62. The molecule has 2 fully saturated rings. The first-order chi connectivity index (χ1) is 7.74. The molecule has 1 aromatic heterocycles. The minimum absolute atomic E-state index is 0.638. The van der Waals surface area contributed by atoms with E-state index in [-0.39, 0.29) is 0 Å². The van der Waals surface area contributed by atoms with Gasteiger partial charge in [-0.1, -0.05) is 13.3 Å². The van der Waals surface area contributed by atoms with Gasteiger partial charge in [0.25, 0.3) is 0 Å². The molecule has 0 aliphatic heterocycles. The molecule has 1 aromatic rings. The fraction of sp³-hybridized carbons (Fsp3) is 0.769. The van der Waals surface area contributed by atoms with E-state index in [2.05, 4.69) is 34.9 Å². The molecule has 16 heavy (non-hydrogen) atoms. The molecule has 3 rings (SSSR count). The maximum Gasteiger partial charge on any atom is 0.203 e. The highest BCUT2D eigenvalue weighted by molar-refractivity contribution is 5.32. The predicted octanol–water partition coefficient (Wildman–Crippen LogP) is 3.13. The lowest BCUT2D eigenvalue weighted by Crippen LogP contribution is -2.23. The van der Waals surface area contributed by atoms with Gasteiger partial charge in [-0.05, 0) is 38.5 Å². The van der Waals surface area contributed by atoms with Crippen molar-refractivity contribution in [3.8, 4) is 0 Å². The summed E-state index contributed by atoms with van der Waals surface area (Å²) in [7, 11) is 0. The van der Waals surface area contributed by atoms with Crippen LogP contribution in [0.3, 0.4) is 0 Å². The Labute approximate surface area is 97.3 Å². The Morgan fingerprint density at radius 1 is 1.31 bits per heavy atom. The molecule has 0 bridgehead atoms. The molecule has 2 aliphatic carbocycles. The SMILES string of the molecule is Cc1cn(C2CC2)c(NC2CCCC2C)n1. The lowest BCUT2D eigenvalue weighted by Gasteiger charge is -2.18. The summed E-state index contributed by atoms with van der Waals surface area (Å²) in [5.74, 6) is 1.91. The molecule has 1 heterocycles. The van der Waals surface area contributed by atoms with Crippen LogP contribution in [0.25, 0.3) is 0 Å². The quantitative estimate of drug-likeness (QED) is 0.846. The number of aryl methyl sites for hydroxylation is 1. The van der Waals surface area contributed by atoms with Crippen molar-refractivity contribution < 1.29 is 0 Å². The third kappa shape index (κ3) is 1.83. The second-order valence-corrected chi connectivity index (χ2v) is 5.50. The molecule has 2 saturated carbocycles. The van der Waals surface area contributed by atoms with Crippen LogP contribution < -0.4 is 5.32 Å². The molecular weight excluding hydrogens is 198 g/mol. The van der Waals surface area contributed by atoms with Crippen LogP contribution in [0.4, 0.5) is 5.95 Å². The van der Waals surface area contributed by atoms with Crippen molar-refractivity contribution in [1.82, 2.24) is 9.55 Å². The van der Waals surface area contributed by atoms with Gasteiger partial charge in [0.1, 0.15) is 0 Å². The Bertz CT molecular complexity index is 379. The highest BCUT2D eigenvalue weighted by atomic mass is 15.2. The minimum atomic E-state index is 0.638. The van der Waals surface area contributed by atoms with Crippen LogP contribution in [-0.4, -0.2) is 15.6 Å². The van der Waals surface area contributed by atoms with E-state index in [9.17, 15) is 0 Å². The molecule has 2 atom stereocenters. The van der Waals surface area contributed by atoms with Crippen LogP contribution in [0.5, 0.6) is 0 Å². The number of anilines is 1. The monoisotopic (exact) mass is 219 g/mol. The van der Waals surface area contributed by atoms with Crippen molar-refractivity contribution in [3.05, 3.63) is 11.9 Å². The van der Waals surface area contributed by atoms with Gasteiger partial charge >= 0.3 is 0 Å². The Hall–Kier alpha value is -0.990. The molecule has 2 unspecified atom stereocenters. The summed E-state index contributed by atoms with van der Waals surface area (Å²) in [5.41, 5.74) is 1.14. The van der Waals surface area contributed by atoms with Crippen molar-refractivity contribution in [1.29, 1.82) is 0 Å². The van der Waals surface area contributed by atoms with Crippen molar-refractivity contribution >= 4 is 5.95 Å². The molecule has 3 nitrogen and oxygen atoms in total. The van der Waals surface area contributed by atoms with E-state index >= 15 is 0 Å². The lowest BCUT2D eigenvalue weighted by molar-refractivity contribution is 0.548. The Morgan fingerprint density at radius 3 is 2.75 bits per heavy atom. The number of hydrogen-bond donors (Lipinski definition) is 1. The van der Waals surface area contributed by atoms with Gasteiger partial charge in [0.15, 0.2) is 0 Å². The first-order valence-electron chi connectivity index (χ1n) is 6.56. The predicted molar refractivity (Wildman–Crippen MR) is 65.7 cm³/mol. The normalized spacial score (nSPS) is 29.6. The first kappa shape index (κ1) is 10.2. The van der Waals surface area contributed by atoms with Gasteiger partial charge in [-0.25, -0.2) is 4.98 Å². The summed E-state index contributed by atoms with van der Waals surface area (Å²) in [4.78, 5) is 4.62. The van der Waals surface area contributed by atoms with E-state index in [0.717, 1.165) is 23.6 Å². The summed E-state index contributed by atoms with van der Waals surface area (Å²) in [6.45, 7) is 4.43. The zero-order valence-electron chi connectivity index (χ0n) is 10.2. The van der Waals surface area contributed by atoms with Crippen LogP contribution in [-0.2, 0) is 0 Å². The zero-order chi connectivity index (χ0) is 11.1. The molecule has 0 saturated heterocycles. The smallest absolute Gasteiger partial charge is 0.203 e. The Balaban J connectivity index is 1.77. The second-order valence-electron chi connectivity index (χ2n) is 5.50. The highest BCUT2D eigenvalue weighted by Gasteiger charge is 2.29. The summed E-state index contributed by atoms with van der Waals surface area (Å²) in [6.07, 6.45) is 8.87. The molecule has 0 aromatic carbocycles. The molecule has 0 radical (unpaired) electrons. The van der Waals surface area contributed by atoms with E-state index < -0.39 is 0 Å². The minimum Gasteiger partial charge on any atom is -0.353 e. The fourth-order valence-electron chi connectivity index (χ4n) is 2.78. The molecule has 88 valence electrons. The van der Waals surface area contributed by atoms with E-state index in [0.29, 0.717) is 6.04 Å². The van der Waals surface area contributed by atoms with Crippen LogP contribution >= 0.6 is 0 Å². The van der Waals surface area contributed by atoms with Gasteiger partial charge in [0.05, 0.1) is 5.69 Å². The van der Waals surface area contributed by atoms with Crippen molar-refractivity contribution in [3.63, 3.8) is 0 Å². The van der Waals surface area contributed by atoms with Crippen LogP contribution in [0.1, 0.15) is 50.8 Å². The third-order valence-corrected chi connectivity index (χ3v) is 3.97. The summed E-state index contributed by atoms with van der Waals surface area (Å²) in [5, 5.41) is 3.65. The highest BCUT2D eigenvalue weighted by Crippen LogP contribution is 2.38. The maximum absolute atomic E-state index is 4.62. The second kappa shape index (κ2) is 3.79. The number of aromatic nitrogens is 2. The lowest BCUT2D eigenvalue weighted by atomic mass is 10.1. The molecule has 3 heteroatoms. The van der Waals surface area contributed by atoms with E-state index in [1.807, 2.05) is 0 Å². The number of imidazole rings is 1. The third-order valence-electron chi connectivity index (χ3n) is 3.97. The van der Waals surface area contributed by atoms with Crippen molar-refractivity contribution in [2.24, 2.45) is 5.92 Å². The van der Waals surface area contributed by atoms with Crippen molar-refractivity contribution in [2.75, 3.05) is 5.32 Å². The van der Waals surface area contributed by atoms with Crippen LogP contribution in [0.15, 0.2) is 6.20 Å². The molecule has 0 spiro atoms. The number of nitrogens with zero attached hydrogens (tertiary/aromatic N) is 2. The zero-order valence-corrected chi connectivity index (χ0v) is 10.2. The number of hydrogen-bond acceptors (Lipinski definition) is 2. The van der Waals surface area contributed by atoms with Gasteiger partial charge in [0, 0.05) is 18.3 Å². The van der Waals surface area contributed by atoms with Gasteiger partial charge < -0.3 is 9.88 Å². The van der Waals surface area contributed by atoms with Gasteiger partial charge in [-0.3, -0.25) is 0 Å². The van der Waals surface area contributed by atoms with Crippen molar-refractivity contribution in [2.45, 2.75) is 58.0 Å².